The number of aromatic nitrogens is 4. The number of pyridine rings is 1. The van der Waals surface area contributed by atoms with E-state index in [1.54, 1.807) is 17.7 Å². The first-order chi connectivity index (χ1) is 17.9. The van der Waals surface area contributed by atoms with Crippen molar-refractivity contribution < 1.29 is 0 Å². The molecule has 1 aliphatic carbocycles. The summed E-state index contributed by atoms with van der Waals surface area (Å²) >= 11 is 1.78. The van der Waals surface area contributed by atoms with Gasteiger partial charge in [0.15, 0.2) is 0 Å². The molecule has 1 aliphatic rings. The third-order valence-electron chi connectivity index (χ3n) is 7.08. The van der Waals surface area contributed by atoms with Gasteiger partial charge in [-0.25, -0.2) is 9.97 Å². The van der Waals surface area contributed by atoms with E-state index in [4.69, 9.17) is 4.98 Å². The summed E-state index contributed by atoms with van der Waals surface area (Å²) in [6.45, 7) is 0. The summed E-state index contributed by atoms with van der Waals surface area (Å²) in [6, 6.07) is 30.3. The van der Waals surface area contributed by atoms with E-state index in [1.807, 2.05) is 18.5 Å². The van der Waals surface area contributed by atoms with E-state index in [-0.39, 0.29) is 0 Å². The third kappa shape index (κ3) is 2.66. The Morgan fingerprint density at radius 3 is 2.47 bits per heavy atom. The van der Waals surface area contributed by atoms with Gasteiger partial charge in [0.25, 0.3) is 0 Å². The highest BCUT2D eigenvalue weighted by Crippen LogP contribution is 2.49. The molecular formula is C31H18N4S. The molecule has 0 atom stereocenters. The van der Waals surface area contributed by atoms with Gasteiger partial charge in [-0.2, -0.15) is 0 Å². The molecule has 0 saturated heterocycles. The molecule has 0 spiro atoms. The number of hydrogen-bond acceptors (Lipinski definition) is 4. The van der Waals surface area contributed by atoms with Gasteiger partial charge in [0.05, 0.1) is 11.2 Å². The second-order valence-electron chi connectivity index (χ2n) is 8.95. The quantitative estimate of drug-likeness (QED) is 0.240. The maximum Gasteiger partial charge on any atom is 0.148 e. The molecule has 4 aromatic heterocycles. The Morgan fingerprint density at radius 2 is 1.50 bits per heavy atom. The lowest BCUT2D eigenvalue weighted by Gasteiger charge is -2.21. The zero-order chi connectivity index (χ0) is 23.6. The summed E-state index contributed by atoms with van der Waals surface area (Å²) < 4.78 is 2.25. The Bertz CT molecular complexity index is 1910. The fourth-order valence-corrected chi connectivity index (χ4v) is 6.50. The van der Waals surface area contributed by atoms with Crippen LogP contribution in [0.25, 0.3) is 71.6 Å². The minimum atomic E-state index is 0.911. The molecule has 36 heavy (non-hydrogen) atoms. The van der Waals surface area contributed by atoms with Crippen LogP contribution in [-0.4, -0.2) is 19.5 Å². The molecule has 4 nitrogen and oxygen atoms in total. The highest BCUT2D eigenvalue weighted by atomic mass is 32.1. The van der Waals surface area contributed by atoms with Gasteiger partial charge in [-0.1, -0.05) is 54.6 Å². The van der Waals surface area contributed by atoms with Gasteiger partial charge in [0.2, 0.25) is 0 Å². The Morgan fingerprint density at radius 1 is 0.639 bits per heavy atom. The molecule has 3 aromatic carbocycles. The van der Waals surface area contributed by atoms with E-state index in [9.17, 15) is 0 Å². The molecule has 0 radical (unpaired) electrons. The van der Waals surface area contributed by atoms with Gasteiger partial charge in [-0.05, 0) is 46.8 Å². The third-order valence-corrected chi connectivity index (χ3v) is 8.03. The van der Waals surface area contributed by atoms with Gasteiger partial charge in [0, 0.05) is 56.0 Å². The fourth-order valence-electron chi connectivity index (χ4n) is 5.55. The van der Waals surface area contributed by atoms with Crippen LogP contribution in [-0.2, 0) is 0 Å². The second kappa shape index (κ2) is 7.44. The monoisotopic (exact) mass is 478 g/mol. The molecule has 0 bridgehead atoms. The number of fused-ring (bicyclic) bond motifs is 11. The van der Waals surface area contributed by atoms with Crippen LogP contribution in [0.2, 0.25) is 0 Å². The topological polar surface area (TPSA) is 43.6 Å². The predicted molar refractivity (Wildman–Crippen MR) is 147 cm³/mol. The van der Waals surface area contributed by atoms with Gasteiger partial charge in [0.1, 0.15) is 12.0 Å². The van der Waals surface area contributed by atoms with E-state index in [0.29, 0.717) is 0 Å². The van der Waals surface area contributed by atoms with Crippen LogP contribution in [0, 0.1) is 0 Å². The lowest BCUT2D eigenvalue weighted by Crippen LogP contribution is -2.00. The van der Waals surface area contributed by atoms with E-state index in [2.05, 4.69) is 98.8 Å². The van der Waals surface area contributed by atoms with E-state index < -0.39 is 0 Å². The molecule has 0 N–H and O–H groups in total. The van der Waals surface area contributed by atoms with Crippen molar-refractivity contribution in [1.29, 1.82) is 0 Å². The molecule has 0 saturated carbocycles. The van der Waals surface area contributed by atoms with Gasteiger partial charge >= 0.3 is 0 Å². The van der Waals surface area contributed by atoms with Crippen molar-refractivity contribution in [3.8, 4) is 49.6 Å². The van der Waals surface area contributed by atoms with Crippen molar-refractivity contribution in [3.05, 3.63) is 109 Å². The summed E-state index contributed by atoms with van der Waals surface area (Å²) in [5.41, 5.74) is 11.3. The average molecular weight is 479 g/mol. The maximum atomic E-state index is 4.85. The van der Waals surface area contributed by atoms with E-state index in [1.165, 1.54) is 32.7 Å². The molecule has 0 fully saturated rings. The van der Waals surface area contributed by atoms with Crippen LogP contribution in [0.3, 0.4) is 0 Å². The molecule has 0 aliphatic heterocycles. The maximum absolute atomic E-state index is 4.85. The largest absolute Gasteiger partial charge is 0.294 e. The Labute approximate surface area is 211 Å². The smallest absolute Gasteiger partial charge is 0.148 e. The average Bonchev–Trinajstić information content (AvgIpc) is 3.55. The summed E-state index contributed by atoms with van der Waals surface area (Å²) in [5.74, 6) is 0. The molecular weight excluding hydrogens is 460 g/mol. The van der Waals surface area contributed by atoms with Crippen LogP contribution in [0.4, 0.5) is 0 Å². The lowest BCUT2D eigenvalue weighted by molar-refractivity contribution is 1.11. The lowest BCUT2D eigenvalue weighted by atomic mass is 9.86. The van der Waals surface area contributed by atoms with Gasteiger partial charge in [-0.15, -0.1) is 11.3 Å². The number of thiophene rings is 1. The standard InChI is InChI=1S/C31H18N4S/c1-2-8-22-20(6-1)26-16-19(35-28-10-4-3-7-21(28)27-17-32-18-34-31(27)35)11-12-24(26)30-25(13-15-36-30)23-9-5-14-33-29(22)23/h1-18H. The highest BCUT2D eigenvalue weighted by molar-refractivity contribution is 7.14. The first-order valence-corrected chi connectivity index (χ1v) is 12.7. The molecule has 168 valence electrons. The Kier molecular flexibility index (Phi) is 4.07. The van der Waals surface area contributed by atoms with Crippen molar-refractivity contribution in [1.82, 2.24) is 19.5 Å². The van der Waals surface area contributed by atoms with Crippen LogP contribution in [0.1, 0.15) is 0 Å². The summed E-state index contributed by atoms with van der Waals surface area (Å²) in [6.07, 6.45) is 5.42. The van der Waals surface area contributed by atoms with Crippen molar-refractivity contribution in [2.24, 2.45) is 0 Å². The number of nitrogens with zero attached hydrogens (tertiary/aromatic N) is 4. The number of benzene rings is 3. The SMILES string of the molecule is c1ccc2c(c1)-c1cc(-n3c4ccccc4c4cncnc43)ccc1-c1sccc1-c1cccnc1-2. The van der Waals surface area contributed by atoms with Crippen LogP contribution in [0.5, 0.6) is 0 Å². The van der Waals surface area contributed by atoms with Crippen LogP contribution < -0.4 is 0 Å². The normalized spacial score (nSPS) is 11.9. The first kappa shape index (κ1) is 19.7. The van der Waals surface area contributed by atoms with Crippen molar-refractivity contribution in [2.75, 3.05) is 0 Å². The number of para-hydroxylation sites is 1. The minimum absolute atomic E-state index is 0.911. The van der Waals surface area contributed by atoms with Crippen LogP contribution in [0.15, 0.2) is 109 Å². The first-order valence-electron chi connectivity index (χ1n) is 11.8. The van der Waals surface area contributed by atoms with Crippen LogP contribution >= 0.6 is 11.3 Å². The summed E-state index contributed by atoms with van der Waals surface area (Å²) in [5, 5.41) is 4.39. The minimum Gasteiger partial charge on any atom is -0.294 e. The van der Waals surface area contributed by atoms with Gasteiger partial charge < -0.3 is 0 Å². The summed E-state index contributed by atoms with van der Waals surface area (Å²) in [7, 11) is 0. The van der Waals surface area contributed by atoms with Crippen molar-refractivity contribution in [3.63, 3.8) is 0 Å². The molecule has 0 unspecified atom stereocenters. The van der Waals surface area contributed by atoms with Crippen molar-refractivity contribution in [2.45, 2.75) is 0 Å². The van der Waals surface area contributed by atoms with E-state index in [0.717, 1.165) is 38.9 Å². The predicted octanol–water partition coefficient (Wildman–Crippen LogP) is 8.01. The zero-order valence-corrected chi connectivity index (χ0v) is 19.9. The Balaban J connectivity index is 1.49. The van der Waals surface area contributed by atoms with Gasteiger partial charge in [-0.3, -0.25) is 9.55 Å². The molecule has 7 aromatic rings. The summed E-state index contributed by atoms with van der Waals surface area (Å²) in [4.78, 5) is 15.1. The molecule has 8 rings (SSSR count). The molecule has 5 heteroatoms. The number of hydrogen-bond donors (Lipinski definition) is 0. The fraction of sp³-hybridized carbons (Fsp3) is 0. The van der Waals surface area contributed by atoms with Crippen molar-refractivity contribution >= 4 is 33.3 Å². The molecule has 4 heterocycles. The zero-order valence-electron chi connectivity index (χ0n) is 19.1. The second-order valence-corrected chi connectivity index (χ2v) is 9.87. The number of rotatable bonds is 1. The Hall–Kier alpha value is -4.61. The molecule has 0 amide bonds. The highest BCUT2D eigenvalue weighted by Gasteiger charge is 2.24. The van der Waals surface area contributed by atoms with E-state index >= 15 is 0 Å².